The van der Waals surface area contributed by atoms with Crippen molar-refractivity contribution in [2.45, 2.75) is 19.9 Å². The molecule has 0 aliphatic carbocycles. The Hall–Kier alpha value is -1.81. The standard InChI is InChI=1S/C15H21NO3/c1-11(9-15(18)16(3)12(2)10-17)13-5-7-14(19-4)8-6-13/h5-9,12,17H,10H2,1-4H3/b11-9+. The zero-order valence-corrected chi connectivity index (χ0v) is 11.9. The van der Waals surface area contributed by atoms with Gasteiger partial charge in [-0.25, -0.2) is 0 Å². The molecule has 1 atom stereocenters. The lowest BCUT2D eigenvalue weighted by Crippen LogP contribution is -2.36. The van der Waals surface area contributed by atoms with Crippen LogP contribution in [0, 0.1) is 0 Å². The minimum Gasteiger partial charge on any atom is -0.497 e. The van der Waals surface area contributed by atoms with Crippen molar-refractivity contribution in [1.82, 2.24) is 4.90 Å². The lowest BCUT2D eigenvalue weighted by atomic mass is 10.1. The number of aliphatic hydroxyl groups excluding tert-OH is 1. The molecule has 4 nitrogen and oxygen atoms in total. The van der Waals surface area contributed by atoms with Gasteiger partial charge in [-0.2, -0.15) is 0 Å². The van der Waals surface area contributed by atoms with Crippen LogP contribution < -0.4 is 4.74 Å². The van der Waals surface area contributed by atoms with Crippen molar-refractivity contribution in [3.05, 3.63) is 35.9 Å². The molecule has 0 aliphatic rings. The van der Waals surface area contributed by atoms with Gasteiger partial charge in [0.05, 0.1) is 19.8 Å². The van der Waals surface area contributed by atoms with Crippen molar-refractivity contribution in [3.63, 3.8) is 0 Å². The second-order valence-corrected chi connectivity index (χ2v) is 4.54. The Morgan fingerprint density at radius 2 is 2.00 bits per heavy atom. The molecule has 0 heterocycles. The number of aliphatic hydroxyl groups is 1. The third kappa shape index (κ3) is 4.10. The minimum absolute atomic E-state index is 0.0440. The van der Waals surface area contributed by atoms with Gasteiger partial charge in [0, 0.05) is 13.1 Å². The van der Waals surface area contributed by atoms with Crippen LogP contribution >= 0.6 is 0 Å². The number of methoxy groups -OCH3 is 1. The van der Waals surface area contributed by atoms with Gasteiger partial charge in [0.2, 0.25) is 5.91 Å². The van der Waals surface area contributed by atoms with Crippen molar-refractivity contribution in [2.24, 2.45) is 0 Å². The lowest BCUT2D eigenvalue weighted by Gasteiger charge is -2.21. The van der Waals surface area contributed by atoms with E-state index in [9.17, 15) is 4.79 Å². The van der Waals surface area contributed by atoms with Crippen LogP contribution in [0.2, 0.25) is 0 Å². The Kier molecular flexibility index (Phi) is 5.57. The molecule has 0 saturated heterocycles. The largest absolute Gasteiger partial charge is 0.497 e. The molecule has 0 bridgehead atoms. The van der Waals surface area contributed by atoms with Gasteiger partial charge in [0.1, 0.15) is 5.75 Å². The van der Waals surface area contributed by atoms with Gasteiger partial charge in [-0.05, 0) is 37.1 Å². The summed E-state index contributed by atoms with van der Waals surface area (Å²) in [4.78, 5) is 13.5. The Morgan fingerprint density at radius 3 is 2.47 bits per heavy atom. The van der Waals surface area contributed by atoms with Crippen molar-refractivity contribution < 1.29 is 14.6 Å². The predicted octanol–water partition coefficient (Wildman–Crippen LogP) is 1.94. The molecular formula is C15H21NO3. The van der Waals surface area contributed by atoms with E-state index in [1.54, 1.807) is 27.2 Å². The monoisotopic (exact) mass is 263 g/mol. The maximum atomic E-state index is 12.0. The number of allylic oxidation sites excluding steroid dienone is 1. The van der Waals surface area contributed by atoms with Gasteiger partial charge < -0.3 is 14.7 Å². The molecule has 1 N–H and O–H groups in total. The smallest absolute Gasteiger partial charge is 0.246 e. The summed E-state index contributed by atoms with van der Waals surface area (Å²) in [6, 6.07) is 7.35. The molecule has 1 aromatic carbocycles. The first kappa shape index (κ1) is 15.2. The third-order valence-electron chi connectivity index (χ3n) is 3.16. The molecule has 1 amide bonds. The number of amides is 1. The van der Waals surface area contributed by atoms with E-state index in [2.05, 4.69) is 0 Å². The van der Waals surface area contributed by atoms with Gasteiger partial charge >= 0.3 is 0 Å². The zero-order chi connectivity index (χ0) is 14.4. The summed E-state index contributed by atoms with van der Waals surface area (Å²) in [6.45, 7) is 3.64. The number of likely N-dealkylation sites (N-methyl/N-ethyl adjacent to an activating group) is 1. The van der Waals surface area contributed by atoms with Gasteiger partial charge in [-0.15, -0.1) is 0 Å². The van der Waals surface area contributed by atoms with Crippen LogP contribution in [0.3, 0.4) is 0 Å². The second-order valence-electron chi connectivity index (χ2n) is 4.54. The fourth-order valence-electron chi connectivity index (χ4n) is 1.56. The summed E-state index contributed by atoms with van der Waals surface area (Å²) < 4.78 is 5.09. The van der Waals surface area contributed by atoms with E-state index in [1.807, 2.05) is 31.2 Å². The molecule has 0 fully saturated rings. The lowest BCUT2D eigenvalue weighted by molar-refractivity contribution is -0.127. The first-order valence-corrected chi connectivity index (χ1v) is 6.20. The first-order chi connectivity index (χ1) is 8.99. The van der Waals surface area contributed by atoms with Gasteiger partial charge in [0.15, 0.2) is 0 Å². The topological polar surface area (TPSA) is 49.8 Å². The molecular weight excluding hydrogens is 242 g/mol. The van der Waals surface area contributed by atoms with Crippen molar-refractivity contribution >= 4 is 11.5 Å². The quantitative estimate of drug-likeness (QED) is 0.826. The van der Waals surface area contributed by atoms with Crippen LogP contribution in [0.1, 0.15) is 19.4 Å². The fraction of sp³-hybridized carbons (Fsp3) is 0.400. The Labute approximate surface area is 114 Å². The van der Waals surface area contributed by atoms with E-state index in [1.165, 1.54) is 4.90 Å². The average Bonchev–Trinajstić information content (AvgIpc) is 2.45. The summed E-state index contributed by atoms with van der Waals surface area (Å²) in [6.07, 6.45) is 1.58. The SMILES string of the molecule is COc1ccc(/C(C)=C/C(=O)N(C)C(C)CO)cc1. The fourth-order valence-corrected chi connectivity index (χ4v) is 1.56. The molecule has 1 aromatic rings. The molecule has 0 saturated carbocycles. The van der Waals surface area contributed by atoms with Crippen LogP contribution in [-0.2, 0) is 4.79 Å². The number of carbonyl (C=O) groups excluding carboxylic acids is 1. The maximum absolute atomic E-state index is 12.0. The van der Waals surface area contributed by atoms with Gasteiger partial charge in [0.25, 0.3) is 0 Å². The van der Waals surface area contributed by atoms with Crippen LogP contribution in [-0.4, -0.2) is 42.7 Å². The zero-order valence-electron chi connectivity index (χ0n) is 11.9. The Morgan fingerprint density at radius 1 is 1.42 bits per heavy atom. The summed E-state index contributed by atoms with van der Waals surface area (Å²) in [7, 11) is 3.30. The van der Waals surface area contributed by atoms with Crippen molar-refractivity contribution in [2.75, 3.05) is 20.8 Å². The molecule has 104 valence electrons. The highest BCUT2D eigenvalue weighted by Crippen LogP contribution is 2.18. The highest BCUT2D eigenvalue weighted by Gasteiger charge is 2.12. The average molecular weight is 263 g/mol. The maximum Gasteiger partial charge on any atom is 0.246 e. The highest BCUT2D eigenvalue weighted by atomic mass is 16.5. The molecule has 4 heteroatoms. The molecule has 19 heavy (non-hydrogen) atoms. The normalized spacial score (nSPS) is 13.0. The summed E-state index contributed by atoms with van der Waals surface area (Å²) in [5.41, 5.74) is 1.85. The van der Waals surface area contributed by atoms with Crippen LogP contribution in [0.4, 0.5) is 0 Å². The Balaban J connectivity index is 2.83. The van der Waals surface area contributed by atoms with E-state index in [0.717, 1.165) is 16.9 Å². The summed E-state index contributed by atoms with van der Waals surface area (Å²) in [5.74, 6) is 0.670. The van der Waals surface area contributed by atoms with E-state index >= 15 is 0 Å². The van der Waals surface area contributed by atoms with Crippen LogP contribution in [0.5, 0.6) is 5.75 Å². The van der Waals surface area contributed by atoms with E-state index in [0.29, 0.717) is 0 Å². The number of rotatable bonds is 5. The highest BCUT2D eigenvalue weighted by molar-refractivity contribution is 5.94. The molecule has 1 unspecified atom stereocenters. The number of nitrogens with zero attached hydrogens (tertiary/aromatic N) is 1. The number of carbonyl (C=O) groups is 1. The number of benzene rings is 1. The van der Waals surface area contributed by atoms with Crippen molar-refractivity contribution in [1.29, 1.82) is 0 Å². The molecule has 0 aromatic heterocycles. The summed E-state index contributed by atoms with van der Waals surface area (Å²) >= 11 is 0. The second kappa shape index (κ2) is 6.95. The van der Waals surface area contributed by atoms with E-state index < -0.39 is 0 Å². The molecule has 1 rings (SSSR count). The Bertz CT molecular complexity index is 451. The minimum atomic E-state index is -0.188. The van der Waals surface area contributed by atoms with E-state index in [-0.39, 0.29) is 18.6 Å². The third-order valence-corrected chi connectivity index (χ3v) is 3.16. The number of hydrogen-bond acceptors (Lipinski definition) is 3. The first-order valence-electron chi connectivity index (χ1n) is 6.20. The molecule has 0 aliphatic heterocycles. The summed E-state index contributed by atoms with van der Waals surface area (Å²) in [5, 5.41) is 9.03. The van der Waals surface area contributed by atoms with Gasteiger partial charge in [-0.1, -0.05) is 12.1 Å². The van der Waals surface area contributed by atoms with Crippen molar-refractivity contribution in [3.8, 4) is 5.75 Å². The number of hydrogen-bond donors (Lipinski definition) is 1. The number of ether oxygens (including phenoxy) is 1. The van der Waals surface area contributed by atoms with Crippen LogP contribution in [0.15, 0.2) is 30.3 Å². The predicted molar refractivity (Wildman–Crippen MR) is 76.0 cm³/mol. The van der Waals surface area contributed by atoms with Gasteiger partial charge in [-0.3, -0.25) is 4.79 Å². The molecule has 0 radical (unpaired) electrons. The molecule has 0 spiro atoms. The van der Waals surface area contributed by atoms with Crippen LogP contribution in [0.25, 0.3) is 5.57 Å². The van der Waals surface area contributed by atoms with E-state index in [4.69, 9.17) is 9.84 Å².